The smallest absolute Gasteiger partial charge is 0.425 e. The Morgan fingerprint density at radius 1 is 0.568 bits per heavy atom. The molecule has 8 rings (SSSR count). The van der Waals surface area contributed by atoms with Crippen LogP contribution in [0.2, 0.25) is 10.0 Å². The first kappa shape index (κ1) is 54.2. The summed E-state index contributed by atoms with van der Waals surface area (Å²) in [6.45, 7) is 0.409. The molecule has 0 aliphatic heterocycles. The van der Waals surface area contributed by atoms with Gasteiger partial charge in [0.05, 0.1) is 45.0 Å². The van der Waals surface area contributed by atoms with Gasteiger partial charge in [0, 0.05) is 36.3 Å². The van der Waals surface area contributed by atoms with Crippen LogP contribution in [0.25, 0.3) is 22.3 Å². The molecule has 27 heteroatoms. The zero-order chi connectivity index (χ0) is 53.8. The van der Waals surface area contributed by atoms with Gasteiger partial charge in [-0.3, -0.25) is 37.0 Å². The average Bonchev–Trinajstić information content (AvgIpc) is 3.88. The number of imidazole rings is 2. The molecule has 0 saturated carbocycles. The lowest BCUT2D eigenvalue weighted by Crippen LogP contribution is -2.42. The molecule has 4 aromatic heterocycles. The molecule has 4 heterocycles. The summed E-state index contributed by atoms with van der Waals surface area (Å²) in [5, 5.41) is 30.1. The monoisotopic (exact) mass is 1080 g/mol. The van der Waals surface area contributed by atoms with Crippen LogP contribution in [0.4, 0.5) is 26.3 Å². The summed E-state index contributed by atoms with van der Waals surface area (Å²) in [7, 11) is 2.77. The van der Waals surface area contributed by atoms with Crippen molar-refractivity contribution in [3.63, 3.8) is 0 Å². The molecule has 0 bridgehead atoms. The first-order valence-electron chi connectivity index (χ1n) is 21.9. The van der Waals surface area contributed by atoms with Crippen molar-refractivity contribution in [3.8, 4) is 35.0 Å². The lowest BCUT2D eigenvalue weighted by Gasteiger charge is -2.13. The van der Waals surface area contributed by atoms with E-state index in [0.29, 0.717) is 27.6 Å². The number of aromatic nitrogens is 8. The number of nitrogens with zero attached hydrogens (tertiary/aromatic N) is 8. The fourth-order valence-corrected chi connectivity index (χ4v) is 7.56. The van der Waals surface area contributed by atoms with Crippen molar-refractivity contribution < 1.29 is 60.6 Å². The maximum absolute atomic E-state index is 13.5. The van der Waals surface area contributed by atoms with Crippen LogP contribution >= 0.6 is 23.2 Å². The van der Waals surface area contributed by atoms with E-state index in [1.807, 2.05) is 0 Å². The van der Waals surface area contributed by atoms with Crippen molar-refractivity contribution in [3.05, 3.63) is 160 Å². The fraction of sp³-hybridized carbons (Fsp3) is 0.277. The Hall–Kier alpha value is -7.58. The highest BCUT2D eigenvalue weighted by Gasteiger charge is 2.33. The molecule has 2 unspecified atom stereocenters. The standard InChI is InChI=1S/C24H22ClF3N4O5.C23H20ClF3N4O6/c1-3-16(33)13-32-21(34)19-20(30(2)23(32)35)29-22(31(19)12-14-7-9-15(25)10-8-14)36-17-5-4-6-18(11-17)37-24(26,27)28;1-29-19-18(20(34)31(22(29)35)11-15(33)12-32)30(10-13-5-7-14(24)8-6-13)21(28-19)36-16-3-2-4-17(9-16)37-23(25,26)27/h4-11,16,33H,3,12-13H2,1-2H3;2-9,15,32-33H,10-12H2,1H3. The Morgan fingerprint density at radius 3 is 1.28 bits per heavy atom. The number of aryl methyl sites for hydroxylation is 2. The van der Waals surface area contributed by atoms with Gasteiger partial charge in [-0.15, -0.1) is 26.3 Å². The lowest BCUT2D eigenvalue weighted by atomic mass is 10.2. The molecule has 0 aliphatic rings. The minimum Gasteiger partial charge on any atom is -0.425 e. The van der Waals surface area contributed by atoms with Gasteiger partial charge in [-0.25, -0.2) is 9.59 Å². The number of fused-ring (bicyclic) bond motifs is 2. The van der Waals surface area contributed by atoms with Crippen LogP contribution in [0, 0.1) is 0 Å². The molecule has 0 fully saturated rings. The van der Waals surface area contributed by atoms with E-state index in [2.05, 4.69) is 19.4 Å². The Morgan fingerprint density at radius 2 is 0.932 bits per heavy atom. The van der Waals surface area contributed by atoms with Gasteiger partial charge in [-0.1, -0.05) is 66.5 Å². The van der Waals surface area contributed by atoms with Crippen LogP contribution < -0.4 is 41.4 Å². The number of benzene rings is 4. The quantitative estimate of drug-likeness (QED) is 0.0859. The largest absolute Gasteiger partial charge is 0.573 e. The van der Waals surface area contributed by atoms with E-state index < -0.39 is 72.1 Å². The number of aliphatic hydroxyl groups excluding tert-OH is 3. The Balaban J connectivity index is 0.000000216. The lowest BCUT2D eigenvalue weighted by molar-refractivity contribution is -0.275. The van der Waals surface area contributed by atoms with Gasteiger partial charge in [0.25, 0.3) is 11.1 Å². The SMILES string of the molecule is CCC(O)Cn1c(=O)c2c(nc(Oc3cccc(OC(F)(F)F)c3)n2Cc2ccc(Cl)cc2)n(C)c1=O.Cn1c(=O)n(CC(O)CO)c(=O)c2c1nc(Oc1cccc(OC(F)(F)F)c1)n2Cc1ccc(Cl)cc1. The predicted molar refractivity (Wildman–Crippen MR) is 255 cm³/mol. The van der Waals surface area contributed by atoms with Crippen LogP contribution in [0.5, 0.6) is 35.0 Å². The second-order valence-electron chi connectivity index (χ2n) is 16.2. The molecule has 0 spiro atoms. The van der Waals surface area contributed by atoms with Crippen LogP contribution in [-0.2, 0) is 40.3 Å². The molecule has 392 valence electrons. The van der Waals surface area contributed by atoms with Gasteiger partial charge in [0.2, 0.25) is 0 Å². The molecule has 8 aromatic rings. The number of ether oxygens (including phenoxy) is 4. The average molecular weight is 1080 g/mol. The van der Waals surface area contributed by atoms with Crippen LogP contribution in [-0.4, -0.2) is 84.2 Å². The minimum absolute atomic E-state index is 0.00361. The van der Waals surface area contributed by atoms with Gasteiger partial charge in [-0.2, -0.15) is 9.97 Å². The summed E-state index contributed by atoms with van der Waals surface area (Å²) in [5.74, 6) is -1.15. The third-order valence-electron chi connectivity index (χ3n) is 10.9. The summed E-state index contributed by atoms with van der Waals surface area (Å²) in [4.78, 5) is 61.1. The third-order valence-corrected chi connectivity index (χ3v) is 11.4. The molecule has 0 radical (unpaired) electrons. The number of rotatable bonds is 16. The molecule has 19 nitrogen and oxygen atoms in total. The fourth-order valence-electron chi connectivity index (χ4n) is 7.31. The van der Waals surface area contributed by atoms with E-state index in [0.717, 1.165) is 42.5 Å². The summed E-state index contributed by atoms with van der Waals surface area (Å²) < 4.78 is 102. The topological polar surface area (TPSA) is 221 Å². The van der Waals surface area contributed by atoms with Crippen molar-refractivity contribution in [1.29, 1.82) is 0 Å². The first-order chi connectivity index (χ1) is 34.9. The van der Waals surface area contributed by atoms with E-state index in [9.17, 15) is 60.8 Å². The highest BCUT2D eigenvalue weighted by Crippen LogP contribution is 2.32. The molecule has 4 aromatic carbocycles. The van der Waals surface area contributed by atoms with Crippen molar-refractivity contribution in [1.82, 2.24) is 37.4 Å². The van der Waals surface area contributed by atoms with Crippen molar-refractivity contribution in [2.45, 2.75) is 64.5 Å². The Bertz CT molecular complexity index is 3320. The van der Waals surface area contributed by atoms with Gasteiger partial charge in [0.15, 0.2) is 22.3 Å². The highest BCUT2D eigenvalue weighted by atomic mass is 35.5. The van der Waals surface area contributed by atoms with Gasteiger partial charge < -0.3 is 34.3 Å². The molecular formula is C47H42Cl2F6N8O11. The summed E-state index contributed by atoms with van der Waals surface area (Å²) >= 11 is 11.9. The molecule has 0 amide bonds. The summed E-state index contributed by atoms with van der Waals surface area (Å²) in [5.41, 5.74) is -1.74. The predicted octanol–water partition coefficient (Wildman–Crippen LogP) is 6.70. The van der Waals surface area contributed by atoms with Crippen LogP contribution in [0.15, 0.2) is 116 Å². The molecule has 0 aliphatic carbocycles. The van der Waals surface area contributed by atoms with Crippen LogP contribution in [0.3, 0.4) is 0 Å². The number of alkyl halides is 6. The molecule has 3 N–H and O–H groups in total. The summed E-state index contributed by atoms with van der Waals surface area (Å²) in [6, 6.07) is 22.6. The molecule has 0 saturated heterocycles. The van der Waals surface area contributed by atoms with E-state index in [4.69, 9.17) is 32.7 Å². The molecular weight excluding hydrogens is 1040 g/mol. The number of hydrogen-bond donors (Lipinski definition) is 3. The molecule has 2 atom stereocenters. The number of aliphatic hydroxyl groups is 3. The zero-order valence-corrected chi connectivity index (χ0v) is 40.4. The maximum Gasteiger partial charge on any atom is 0.573 e. The Kier molecular flexibility index (Phi) is 16.3. The van der Waals surface area contributed by atoms with E-state index in [-0.39, 0.29) is 65.5 Å². The van der Waals surface area contributed by atoms with Crippen molar-refractivity contribution >= 4 is 45.5 Å². The van der Waals surface area contributed by atoms with Gasteiger partial charge >= 0.3 is 36.1 Å². The highest BCUT2D eigenvalue weighted by molar-refractivity contribution is 6.30. The molecule has 74 heavy (non-hydrogen) atoms. The third kappa shape index (κ3) is 12.8. The van der Waals surface area contributed by atoms with Crippen LogP contribution in [0.1, 0.15) is 24.5 Å². The van der Waals surface area contributed by atoms with Crippen molar-refractivity contribution in [2.75, 3.05) is 6.61 Å². The van der Waals surface area contributed by atoms with Gasteiger partial charge in [0.1, 0.15) is 23.0 Å². The van der Waals surface area contributed by atoms with Crippen molar-refractivity contribution in [2.24, 2.45) is 14.1 Å². The van der Waals surface area contributed by atoms with Gasteiger partial charge in [-0.05, 0) is 66.1 Å². The number of hydrogen-bond acceptors (Lipinski definition) is 13. The second-order valence-corrected chi connectivity index (χ2v) is 17.1. The second kappa shape index (κ2) is 22.3. The van der Waals surface area contributed by atoms with E-state index in [1.165, 1.54) is 47.5 Å². The number of halogens is 8. The minimum atomic E-state index is -4.91. The first-order valence-corrected chi connectivity index (χ1v) is 22.6. The Labute approximate surface area is 422 Å². The normalized spacial score (nSPS) is 12.6. The zero-order valence-electron chi connectivity index (χ0n) is 38.8. The summed E-state index contributed by atoms with van der Waals surface area (Å²) in [6.07, 6.45) is -11.8. The maximum atomic E-state index is 13.5. The van der Waals surface area contributed by atoms with E-state index in [1.54, 1.807) is 55.5 Å². The van der Waals surface area contributed by atoms with E-state index >= 15 is 0 Å².